The minimum absolute atomic E-state index is 0.0847. The van der Waals surface area contributed by atoms with Crippen LogP contribution in [0.1, 0.15) is 51.9 Å². The molecule has 2 fully saturated rings. The molecule has 1 saturated heterocycles. The van der Waals surface area contributed by atoms with E-state index in [0.29, 0.717) is 25.4 Å². The second-order valence-corrected chi connectivity index (χ2v) is 6.60. The number of aliphatic carboxylic acids is 1. The molecule has 1 unspecified atom stereocenters. The van der Waals surface area contributed by atoms with Gasteiger partial charge < -0.3 is 15.3 Å². The number of likely N-dealkylation sites (tertiary alicyclic amines) is 1. The SMILES string of the molecule is CCC1CCC(CNC(=O)N2CCCC(C(=O)O)C2)CC1. The van der Waals surface area contributed by atoms with Crippen molar-refractivity contribution in [3.63, 3.8) is 0 Å². The van der Waals surface area contributed by atoms with Crippen molar-refractivity contribution in [2.45, 2.75) is 51.9 Å². The van der Waals surface area contributed by atoms with Gasteiger partial charge in [-0.2, -0.15) is 0 Å². The predicted molar refractivity (Wildman–Crippen MR) is 81.1 cm³/mol. The lowest BCUT2D eigenvalue weighted by molar-refractivity contribution is -0.143. The van der Waals surface area contributed by atoms with Gasteiger partial charge in [-0.3, -0.25) is 4.79 Å². The van der Waals surface area contributed by atoms with Crippen LogP contribution in [-0.2, 0) is 4.79 Å². The van der Waals surface area contributed by atoms with Crippen LogP contribution in [0.5, 0.6) is 0 Å². The molecule has 120 valence electrons. The summed E-state index contributed by atoms with van der Waals surface area (Å²) in [5, 5.41) is 12.1. The van der Waals surface area contributed by atoms with E-state index in [1.807, 2.05) is 0 Å². The van der Waals surface area contributed by atoms with Crippen LogP contribution in [0.2, 0.25) is 0 Å². The van der Waals surface area contributed by atoms with E-state index in [9.17, 15) is 9.59 Å². The van der Waals surface area contributed by atoms with Crippen LogP contribution in [0, 0.1) is 17.8 Å². The van der Waals surface area contributed by atoms with Crippen molar-refractivity contribution < 1.29 is 14.7 Å². The minimum Gasteiger partial charge on any atom is -0.481 e. The fourth-order valence-corrected chi connectivity index (χ4v) is 3.55. The summed E-state index contributed by atoms with van der Waals surface area (Å²) in [5.74, 6) is 0.280. The second kappa shape index (κ2) is 7.66. The Bertz CT molecular complexity index is 365. The van der Waals surface area contributed by atoms with Crippen LogP contribution < -0.4 is 5.32 Å². The number of amides is 2. The van der Waals surface area contributed by atoms with Crippen molar-refractivity contribution in [3.8, 4) is 0 Å². The number of hydrogen-bond donors (Lipinski definition) is 2. The van der Waals surface area contributed by atoms with Gasteiger partial charge in [0.15, 0.2) is 0 Å². The molecule has 0 aromatic heterocycles. The summed E-state index contributed by atoms with van der Waals surface area (Å²) < 4.78 is 0. The number of carboxylic acids is 1. The zero-order chi connectivity index (χ0) is 15.2. The maximum atomic E-state index is 12.2. The molecule has 2 rings (SSSR count). The van der Waals surface area contributed by atoms with Crippen LogP contribution in [0.25, 0.3) is 0 Å². The highest BCUT2D eigenvalue weighted by Crippen LogP contribution is 2.30. The fourth-order valence-electron chi connectivity index (χ4n) is 3.55. The van der Waals surface area contributed by atoms with Crippen LogP contribution >= 0.6 is 0 Å². The summed E-state index contributed by atoms with van der Waals surface area (Å²) in [6, 6.07) is -0.0847. The van der Waals surface area contributed by atoms with E-state index in [-0.39, 0.29) is 6.03 Å². The van der Waals surface area contributed by atoms with Crippen molar-refractivity contribution in [2.24, 2.45) is 17.8 Å². The Kier molecular flexibility index (Phi) is 5.88. The van der Waals surface area contributed by atoms with Gasteiger partial charge in [-0.15, -0.1) is 0 Å². The van der Waals surface area contributed by atoms with Gasteiger partial charge in [0.05, 0.1) is 5.92 Å². The first kappa shape index (κ1) is 16.1. The van der Waals surface area contributed by atoms with Crippen molar-refractivity contribution in [1.82, 2.24) is 10.2 Å². The summed E-state index contributed by atoms with van der Waals surface area (Å²) in [6.45, 7) is 4.02. The molecule has 0 aromatic rings. The number of carbonyl (C=O) groups excluding carboxylic acids is 1. The summed E-state index contributed by atoms with van der Waals surface area (Å²) in [7, 11) is 0. The minimum atomic E-state index is -0.787. The number of hydrogen-bond acceptors (Lipinski definition) is 2. The molecular weight excluding hydrogens is 268 g/mol. The van der Waals surface area contributed by atoms with E-state index in [0.717, 1.165) is 18.9 Å². The largest absolute Gasteiger partial charge is 0.481 e. The lowest BCUT2D eigenvalue weighted by Gasteiger charge is -2.32. The molecule has 2 N–H and O–H groups in total. The van der Waals surface area contributed by atoms with Crippen molar-refractivity contribution in [3.05, 3.63) is 0 Å². The van der Waals surface area contributed by atoms with E-state index in [2.05, 4.69) is 12.2 Å². The Morgan fingerprint density at radius 1 is 1.14 bits per heavy atom. The first-order valence-electron chi connectivity index (χ1n) is 8.35. The van der Waals surface area contributed by atoms with Gasteiger partial charge >= 0.3 is 12.0 Å². The smallest absolute Gasteiger partial charge is 0.317 e. The van der Waals surface area contributed by atoms with Gasteiger partial charge in [0.25, 0.3) is 0 Å². The Morgan fingerprint density at radius 3 is 2.43 bits per heavy atom. The molecule has 5 nitrogen and oxygen atoms in total. The maximum absolute atomic E-state index is 12.2. The highest BCUT2D eigenvalue weighted by Gasteiger charge is 2.28. The van der Waals surface area contributed by atoms with Crippen molar-refractivity contribution in [1.29, 1.82) is 0 Å². The number of urea groups is 1. The number of piperidine rings is 1. The zero-order valence-corrected chi connectivity index (χ0v) is 13.0. The molecule has 1 aliphatic heterocycles. The quantitative estimate of drug-likeness (QED) is 0.838. The maximum Gasteiger partial charge on any atom is 0.317 e. The number of nitrogens with one attached hydrogen (secondary N) is 1. The molecule has 1 atom stereocenters. The molecule has 1 aliphatic carbocycles. The third-order valence-corrected chi connectivity index (χ3v) is 5.14. The molecule has 0 bridgehead atoms. The first-order chi connectivity index (χ1) is 10.1. The second-order valence-electron chi connectivity index (χ2n) is 6.60. The number of rotatable bonds is 4. The van der Waals surface area contributed by atoms with E-state index in [1.54, 1.807) is 4.90 Å². The molecule has 1 saturated carbocycles. The summed E-state index contributed by atoms with van der Waals surface area (Å²) in [5.41, 5.74) is 0. The number of carbonyl (C=O) groups is 2. The van der Waals surface area contributed by atoms with Crippen LogP contribution in [0.4, 0.5) is 4.79 Å². The third kappa shape index (κ3) is 4.61. The lowest BCUT2D eigenvalue weighted by Crippen LogP contribution is -2.48. The van der Waals surface area contributed by atoms with Gasteiger partial charge in [-0.1, -0.05) is 26.2 Å². The van der Waals surface area contributed by atoms with Crippen molar-refractivity contribution in [2.75, 3.05) is 19.6 Å². The molecule has 2 amide bonds. The van der Waals surface area contributed by atoms with E-state index < -0.39 is 11.9 Å². The molecule has 21 heavy (non-hydrogen) atoms. The summed E-state index contributed by atoms with van der Waals surface area (Å²) in [6.07, 6.45) is 7.70. The summed E-state index contributed by atoms with van der Waals surface area (Å²) >= 11 is 0. The Labute approximate surface area is 127 Å². The summed E-state index contributed by atoms with van der Waals surface area (Å²) in [4.78, 5) is 24.8. The highest BCUT2D eigenvalue weighted by atomic mass is 16.4. The molecule has 5 heteroatoms. The fraction of sp³-hybridized carbons (Fsp3) is 0.875. The van der Waals surface area contributed by atoms with Crippen LogP contribution in [0.15, 0.2) is 0 Å². The molecule has 2 aliphatic rings. The highest BCUT2D eigenvalue weighted by molar-refractivity contribution is 5.76. The first-order valence-corrected chi connectivity index (χ1v) is 8.35. The Balaban J connectivity index is 1.71. The van der Waals surface area contributed by atoms with Gasteiger partial charge in [-0.05, 0) is 37.5 Å². The van der Waals surface area contributed by atoms with E-state index >= 15 is 0 Å². The lowest BCUT2D eigenvalue weighted by atomic mass is 9.81. The monoisotopic (exact) mass is 296 g/mol. The standard InChI is InChI=1S/C16H28N2O3/c1-2-12-5-7-13(8-6-12)10-17-16(21)18-9-3-4-14(11-18)15(19)20/h12-14H,2-11H2,1H3,(H,17,21)(H,19,20). The van der Waals surface area contributed by atoms with Gasteiger partial charge in [0.2, 0.25) is 0 Å². The Morgan fingerprint density at radius 2 is 1.81 bits per heavy atom. The normalized spacial score (nSPS) is 30.0. The van der Waals surface area contributed by atoms with Gasteiger partial charge in [0.1, 0.15) is 0 Å². The zero-order valence-electron chi connectivity index (χ0n) is 13.0. The van der Waals surface area contributed by atoms with E-state index in [4.69, 9.17) is 5.11 Å². The molecule has 0 radical (unpaired) electrons. The average Bonchev–Trinajstić information content (AvgIpc) is 2.53. The third-order valence-electron chi connectivity index (χ3n) is 5.14. The molecule has 1 heterocycles. The molecular formula is C16H28N2O3. The number of nitrogens with zero attached hydrogens (tertiary/aromatic N) is 1. The van der Waals surface area contributed by atoms with Gasteiger partial charge in [0, 0.05) is 19.6 Å². The molecule has 0 spiro atoms. The van der Waals surface area contributed by atoms with Crippen LogP contribution in [-0.4, -0.2) is 41.6 Å². The number of carboxylic acid groups (broad SMARTS) is 1. The van der Waals surface area contributed by atoms with E-state index in [1.165, 1.54) is 32.1 Å². The topological polar surface area (TPSA) is 69.6 Å². The predicted octanol–water partition coefficient (Wildman–Crippen LogP) is 2.71. The van der Waals surface area contributed by atoms with Crippen LogP contribution in [0.3, 0.4) is 0 Å². The molecule has 0 aromatic carbocycles. The van der Waals surface area contributed by atoms with Crippen molar-refractivity contribution >= 4 is 12.0 Å². The Hall–Kier alpha value is -1.26. The van der Waals surface area contributed by atoms with Gasteiger partial charge in [-0.25, -0.2) is 4.79 Å². The average molecular weight is 296 g/mol.